The third-order valence-electron chi connectivity index (χ3n) is 5.16. The van der Waals surface area contributed by atoms with Gasteiger partial charge in [-0.3, -0.25) is 0 Å². The largest absolute Gasteiger partial charge is 0.334 e. The van der Waals surface area contributed by atoms with Crippen molar-refractivity contribution in [1.29, 1.82) is 0 Å². The van der Waals surface area contributed by atoms with Gasteiger partial charge in [-0.2, -0.15) is 4.98 Å². The third-order valence-corrected chi connectivity index (χ3v) is 5.16. The van der Waals surface area contributed by atoms with E-state index in [0.29, 0.717) is 23.7 Å². The van der Waals surface area contributed by atoms with Gasteiger partial charge in [0.25, 0.3) is 5.89 Å². The van der Waals surface area contributed by atoms with Crippen LogP contribution in [0.15, 0.2) is 53.1 Å². The fourth-order valence-corrected chi connectivity index (χ4v) is 3.11. The van der Waals surface area contributed by atoms with Crippen LogP contribution < -0.4 is 5.32 Å². The minimum atomic E-state index is 0.514. The van der Waals surface area contributed by atoms with E-state index in [2.05, 4.69) is 65.7 Å². The van der Waals surface area contributed by atoms with Gasteiger partial charge in [0, 0.05) is 23.7 Å². The number of rotatable bonds is 6. The maximum absolute atomic E-state index is 5.46. The Morgan fingerprint density at radius 3 is 2.31 bits per heavy atom. The van der Waals surface area contributed by atoms with Gasteiger partial charge in [-0.05, 0) is 42.0 Å². The lowest BCUT2D eigenvalue weighted by Gasteiger charge is -2.26. The normalized spacial score (nSPS) is 14.6. The van der Waals surface area contributed by atoms with E-state index in [-0.39, 0.29) is 0 Å². The van der Waals surface area contributed by atoms with Crippen molar-refractivity contribution >= 4 is 0 Å². The Morgan fingerprint density at radius 2 is 1.69 bits per heavy atom. The summed E-state index contributed by atoms with van der Waals surface area (Å²) in [5.41, 5.74) is 4.52. The summed E-state index contributed by atoms with van der Waals surface area (Å²) in [6, 6.07) is 17.4. The molecule has 0 radical (unpaired) electrons. The summed E-state index contributed by atoms with van der Waals surface area (Å²) < 4.78 is 5.46. The minimum Gasteiger partial charge on any atom is -0.334 e. The van der Waals surface area contributed by atoms with Crippen LogP contribution in [0.4, 0.5) is 0 Å². The molecule has 0 aliphatic heterocycles. The number of nitrogens with one attached hydrogen (secondary N) is 1. The van der Waals surface area contributed by atoms with Crippen LogP contribution in [-0.4, -0.2) is 16.2 Å². The number of benzene rings is 2. The second-order valence-electron chi connectivity index (χ2n) is 7.41. The average molecular weight is 347 g/mol. The van der Waals surface area contributed by atoms with Crippen molar-refractivity contribution in [1.82, 2.24) is 15.5 Å². The molecule has 1 aromatic heterocycles. The molecule has 0 unspecified atom stereocenters. The molecule has 0 bridgehead atoms. The summed E-state index contributed by atoms with van der Waals surface area (Å²) in [6.07, 6.45) is 3.97. The number of aromatic nitrogens is 2. The van der Waals surface area contributed by atoms with Gasteiger partial charge >= 0.3 is 0 Å². The molecule has 3 aromatic rings. The SMILES string of the molecule is CC(C)c1ccc(-c2nc(-c3ccc(CNC4CCC4)cc3)no2)cc1. The first-order valence-electron chi connectivity index (χ1n) is 9.46. The molecule has 2 aromatic carbocycles. The van der Waals surface area contributed by atoms with E-state index in [1.54, 1.807) is 0 Å². The smallest absolute Gasteiger partial charge is 0.258 e. The van der Waals surface area contributed by atoms with Gasteiger partial charge < -0.3 is 9.84 Å². The summed E-state index contributed by atoms with van der Waals surface area (Å²) in [7, 11) is 0. The van der Waals surface area contributed by atoms with Crippen molar-refractivity contribution < 1.29 is 4.52 Å². The summed E-state index contributed by atoms with van der Waals surface area (Å²) in [5, 5.41) is 7.73. The summed E-state index contributed by atoms with van der Waals surface area (Å²) in [5.74, 6) is 1.71. The van der Waals surface area contributed by atoms with Crippen LogP contribution in [0.25, 0.3) is 22.8 Å². The highest BCUT2D eigenvalue weighted by atomic mass is 16.5. The summed E-state index contributed by atoms with van der Waals surface area (Å²) in [6.45, 7) is 5.29. The highest BCUT2D eigenvalue weighted by molar-refractivity contribution is 5.60. The van der Waals surface area contributed by atoms with Crippen molar-refractivity contribution in [2.75, 3.05) is 0 Å². The van der Waals surface area contributed by atoms with Gasteiger partial charge in [0.15, 0.2) is 0 Å². The molecule has 1 fully saturated rings. The van der Waals surface area contributed by atoms with Crippen molar-refractivity contribution in [2.24, 2.45) is 0 Å². The molecule has 4 rings (SSSR count). The molecule has 1 heterocycles. The molecular formula is C22H25N3O. The Labute approximate surface area is 154 Å². The van der Waals surface area contributed by atoms with Gasteiger partial charge in [0.1, 0.15) is 0 Å². The number of hydrogen-bond acceptors (Lipinski definition) is 4. The predicted molar refractivity (Wildman–Crippen MR) is 104 cm³/mol. The van der Waals surface area contributed by atoms with Crippen molar-refractivity contribution in [3.05, 3.63) is 59.7 Å². The zero-order valence-corrected chi connectivity index (χ0v) is 15.4. The van der Waals surface area contributed by atoms with Crippen LogP contribution in [0.1, 0.15) is 50.2 Å². The molecule has 26 heavy (non-hydrogen) atoms. The second-order valence-corrected chi connectivity index (χ2v) is 7.41. The first-order chi connectivity index (χ1) is 12.7. The Kier molecular flexibility index (Phi) is 4.85. The van der Waals surface area contributed by atoms with Gasteiger partial charge in [0.2, 0.25) is 5.82 Å². The highest BCUT2D eigenvalue weighted by Gasteiger charge is 2.16. The fourth-order valence-electron chi connectivity index (χ4n) is 3.11. The molecular weight excluding hydrogens is 322 g/mol. The minimum absolute atomic E-state index is 0.514. The number of nitrogens with zero attached hydrogens (tertiary/aromatic N) is 2. The summed E-state index contributed by atoms with van der Waals surface area (Å²) >= 11 is 0. The van der Waals surface area contributed by atoms with Crippen molar-refractivity contribution in [3.63, 3.8) is 0 Å². The molecule has 1 aliphatic rings. The van der Waals surface area contributed by atoms with E-state index in [9.17, 15) is 0 Å². The topological polar surface area (TPSA) is 51.0 Å². The van der Waals surface area contributed by atoms with Gasteiger partial charge in [-0.25, -0.2) is 0 Å². The molecule has 1 saturated carbocycles. The molecule has 1 aliphatic carbocycles. The Balaban J connectivity index is 1.45. The van der Waals surface area contributed by atoms with E-state index in [0.717, 1.165) is 17.7 Å². The molecule has 0 atom stereocenters. The van der Waals surface area contributed by atoms with Crippen LogP contribution in [0.5, 0.6) is 0 Å². The first-order valence-corrected chi connectivity index (χ1v) is 9.46. The first kappa shape index (κ1) is 17.0. The Hall–Kier alpha value is -2.46. The highest BCUT2D eigenvalue weighted by Crippen LogP contribution is 2.25. The molecule has 1 N–H and O–H groups in total. The van der Waals surface area contributed by atoms with Crippen molar-refractivity contribution in [3.8, 4) is 22.8 Å². The molecule has 134 valence electrons. The molecule has 4 nitrogen and oxygen atoms in total. The summed E-state index contributed by atoms with van der Waals surface area (Å²) in [4.78, 5) is 4.56. The molecule has 4 heteroatoms. The maximum Gasteiger partial charge on any atom is 0.258 e. The lowest BCUT2D eigenvalue weighted by molar-refractivity contribution is 0.338. The van der Waals surface area contributed by atoms with Gasteiger partial charge in [0.05, 0.1) is 0 Å². The van der Waals surface area contributed by atoms with Gasteiger partial charge in [-0.1, -0.05) is 61.8 Å². The monoisotopic (exact) mass is 347 g/mol. The molecule has 0 amide bonds. The van der Waals surface area contributed by atoms with Crippen LogP contribution in [-0.2, 0) is 6.54 Å². The van der Waals surface area contributed by atoms with Crippen molar-refractivity contribution in [2.45, 2.75) is 51.6 Å². The van der Waals surface area contributed by atoms with E-state index >= 15 is 0 Å². The van der Waals surface area contributed by atoms with Crippen LogP contribution in [0, 0.1) is 0 Å². The Bertz CT molecular complexity index is 846. The van der Waals surface area contributed by atoms with Crippen LogP contribution in [0.2, 0.25) is 0 Å². The van der Waals surface area contributed by atoms with E-state index in [4.69, 9.17) is 4.52 Å². The second kappa shape index (κ2) is 7.42. The van der Waals surface area contributed by atoms with Crippen LogP contribution >= 0.6 is 0 Å². The lowest BCUT2D eigenvalue weighted by Crippen LogP contribution is -2.34. The maximum atomic E-state index is 5.46. The zero-order valence-electron chi connectivity index (χ0n) is 15.4. The average Bonchev–Trinajstić information content (AvgIpc) is 3.11. The van der Waals surface area contributed by atoms with Crippen LogP contribution in [0.3, 0.4) is 0 Å². The van der Waals surface area contributed by atoms with E-state index in [1.807, 2.05) is 12.1 Å². The Morgan fingerprint density at radius 1 is 1.00 bits per heavy atom. The molecule has 0 spiro atoms. The standard InChI is InChI=1S/C22H25N3O/c1-15(2)17-10-12-19(13-11-17)22-24-21(25-26-22)18-8-6-16(7-9-18)14-23-20-4-3-5-20/h6-13,15,20,23H,3-5,14H2,1-2H3. The zero-order chi connectivity index (χ0) is 17.9. The fraction of sp³-hybridized carbons (Fsp3) is 0.364. The lowest BCUT2D eigenvalue weighted by atomic mass is 9.93. The third kappa shape index (κ3) is 3.70. The van der Waals surface area contributed by atoms with Gasteiger partial charge in [-0.15, -0.1) is 0 Å². The predicted octanol–water partition coefficient (Wildman–Crippen LogP) is 5.17. The van der Waals surface area contributed by atoms with E-state index in [1.165, 1.54) is 30.4 Å². The van der Waals surface area contributed by atoms with E-state index < -0.39 is 0 Å². The quantitative estimate of drug-likeness (QED) is 0.668. The number of hydrogen-bond donors (Lipinski definition) is 1. The molecule has 0 saturated heterocycles.